The number of nitrogens with one attached hydrogen (secondary N) is 1. The van der Waals surface area contributed by atoms with E-state index in [4.69, 9.17) is 15.0 Å². The molecule has 3 N–H and O–H groups in total. The highest BCUT2D eigenvalue weighted by Gasteiger charge is 2.23. The summed E-state index contributed by atoms with van der Waals surface area (Å²) in [6.45, 7) is 0. The van der Waals surface area contributed by atoms with Crippen LogP contribution >= 0.6 is 11.3 Å². The van der Waals surface area contributed by atoms with Crippen molar-refractivity contribution in [3.05, 3.63) is 78.1 Å². The van der Waals surface area contributed by atoms with Gasteiger partial charge in [-0.3, -0.25) is 4.79 Å². The minimum atomic E-state index is -1.83. The number of anilines is 2. The van der Waals surface area contributed by atoms with E-state index < -0.39 is 6.16 Å². The van der Waals surface area contributed by atoms with Crippen molar-refractivity contribution >= 4 is 44.3 Å². The van der Waals surface area contributed by atoms with Gasteiger partial charge >= 0.3 is 6.16 Å². The molecule has 1 fully saturated rings. The maximum Gasteiger partial charge on any atom is 0.503 e. The van der Waals surface area contributed by atoms with Crippen LogP contribution < -0.4 is 5.32 Å². The maximum absolute atomic E-state index is 13.4. The molecule has 5 rings (SSSR count). The van der Waals surface area contributed by atoms with Crippen molar-refractivity contribution < 1.29 is 24.2 Å². The molecule has 34 heavy (non-hydrogen) atoms. The minimum absolute atomic E-state index is 0.209. The molecule has 0 unspecified atom stereocenters. The smallest absolute Gasteiger partial charge is 0.450 e. The van der Waals surface area contributed by atoms with Crippen molar-refractivity contribution in [1.82, 2.24) is 4.98 Å². The third-order valence-electron chi connectivity index (χ3n) is 5.71. The largest absolute Gasteiger partial charge is 0.503 e. The Bertz CT molecular complexity index is 1290. The summed E-state index contributed by atoms with van der Waals surface area (Å²) < 4.78 is 14.3. The van der Waals surface area contributed by atoms with Gasteiger partial charge in [-0.1, -0.05) is 60.6 Å². The number of carbonyl (C=O) groups excluding carboxylic acids is 1. The highest BCUT2D eigenvalue weighted by Crippen LogP contribution is 2.31. The van der Waals surface area contributed by atoms with Gasteiger partial charge in [0.05, 0.1) is 10.2 Å². The van der Waals surface area contributed by atoms with E-state index in [0.29, 0.717) is 5.52 Å². The number of thiazole rings is 1. The summed E-state index contributed by atoms with van der Waals surface area (Å²) in [5.74, 6) is 0.217. The SMILES string of the molecule is O=C(O)O.O=C(c1ccc(-c2ccc(Nc3nc4cc(F)ccc4s3)cc2)cc1)C1CCCC1. The fourth-order valence-corrected chi connectivity index (χ4v) is 4.94. The number of hydrogen-bond donors (Lipinski definition) is 3. The van der Waals surface area contributed by atoms with Crippen LogP contribution in [0.25, 0.3) is 21.3 Å². The average Bonchev–Trinajstić information content (AvgIpc) is 3.48. The number of benzene rings is 3. The van der Waals surface area contributed by atoms with E-state index in [0.717, 1.165) is 45.1 Å². The molecule has 0 atom stereocenters. The summed E-state index contributed by atoms with van der Waals surface area (Å²) in [4.78, 5) is 25.6. The van der Waals surface area contributed by atoms with E-state index >= 15 is 0 Å². The van der Waals surface area contributed by atoms with E-state index in [1.54, 1.807) is 6.07 Å². The third-order valence-corrected chi connectivity index (χ3v) is 6.67. The molecule has 0 aliphatic heterocycles. The predicted molar refractivity (Wildman–Crippen MR) is 132 cm³/mol. The molecule has 0 bridgehead atoms. The molecule has 1 aromatic heterocycles. The molecular formula is C26H23FN2O4S. The zero-order valence-corrected chi connectivity index (χ0v) is 19.0. The topological polar surface area (TPSA) is 99.5 Å². The normalized spacial score (nSPS) is 13.3. The van der Waals surface area contributed by atoms with Gasteiger partial charge in [0.25, 0.3) is 0 Å². The van der Waals surface area contributed by atoms with Crippen molar-refractivity contribution in [1.29, 1.82) is 0 Å². The summed E-state index contributed by atoms with van der Waals surface area (Å²) in [5, 5.41) is 18.0. The second-order valence-electron chi connectivity index (χ2n) is 8.04. The summed E-state index contributed by atoms with van der Waals surface area (Å²) >= 11 is 1.50. The fraction of sp³-hybridized carbons (Fsp3) is 0.192. The van der Waals surface area contributed by atoms with Crippen LogP contribution in [0, 0.1) is 11.7 Å². The second kappa shape index (κ2) is 10.4. The van der Waals surface area contributed by atoms with Crippen LogP contribution in [0.5, 0.6) is 0 Å². The first kappa shape index (κ1) is 23.4. The highest BCUT2D eigenvalue weighted by atomic mass is 32.1. The van der Waals surface area contributed by atoms with Gasteiger partial charge in [-0.25, -0.2) is 14.2 Å². The maximum atomic E-state index is 13.4. The molecule has 1 aliphatic rings. The number of rotatable bonds is 5. The first-order chi connectivity index (χ1) is 16.4. The number of halogens is 1. The number of nitrogens with zero attached hydrogens (tertiary/aromatic N) is 1. The Morgan fingerprint density at radius 2 is 1.50 bits per heavy atom. The summed E-state index contributed by atoms with van der Waals surface area (Å²) in [5.41, 5.74) is 4.57. The first-order valence-electron chi connectivity index (χ1n) is 10.9. The number of carbonyl (C=O) groups is 2. The van der Waals surface area contributed by atoms with Gasteiger partial charge in [0, 0.05) is 23.2 Å². The van der Waals surface area contributed by atoms with Gasteiger partial charge in [0.2, 0.25) is 0 Å². The summed E-state index contributed by atoms with van der Waals surface area (Å²) in [6, 6.07) is 20.7. The van der Waals surface area contributed by atoms with Crippen molar-refractivity contribution in [3.63, 3.8) is 0 Å². The molecule has 1 saturated carbocycles. The van der Waals surface area contributed by atoms with E-state index in [1.807, 2.05) is 48.5 Å². The van der Waals surface area contributed by atoms with Crippen LogP contribution in [0.2, 0.25) is 0 Å². The van der Waals surface area contributed by atoms with E-state index in [9.17, 15) is 9.18 Å². The molecule has 0 radical (unpaired) electrons. The van der Waals surface area contributed by atoms with E-state index in [2.05, 4.69) is 10.3 Å². The first-order valence-corrected chi connectivity index (χ1v) is 11.7. The molecule has 6 nitrogen and oxygen atoms in total. The van der Waals surface area contributed by atoms with Crippen LogP contribution in [0.4, 0.5) is 20.0 Å². The number of carboxylic acid groups (broad SMARTS) is 2. The van der Waals surface area contributed by atoms with Crippen LogP contribution in [0.1, 0.15) is 36.0 Å². The van der Waals surface area contributed by atoms with Crippen LogP contribution in [0.3, 0.4) is 0 Å². The van der Waals surface area contributed by atoms with Gasteiger partial charge in [0.1, 0.15) is 5.82 Å². The highest BCUT2D eigenvalue weighted by molar-refractivity contribution is 7.22. The number of Topliss-reactive ketones (excluding diaryl/α,β-unsaturated/α-hetero) is 1. The molecule has 0 saturated heterocycles. The number of fused-ring (bicyclic) bond motifs is 1. The number of hydrogen-bond acceptors (Lipinski definition) is 5. The van der Waals surface area contributed by atoms with Crippen molar-refractivity contribution in [2.45, 2.75) is 25.7 Å². The van der Waals surface area contributed by atoms with E-state index in [1.165, 1.54) is 36.3 Å². The Morgan fingerprint density at radius 1 is 0.912 bits per heavy atom. The van der Waals surface area contributed by atoms with Crippen LogP contribution in [-0.4, -0.2) is 27.1 Å². The van der Waals surface area contributed by atoms with Gasteiger partial charge < -0.3 is 15.5 Å². The summed E-state index contributed by atoms with van der Waals surface area (Å²) in [7, 11) is 0. The zero-order chi connectivity index (χ0) is 24.1. The molecule has 0 spiro atoms. The number of ketones is 1. The lowest BCUT2D eigenvalue weighted by Gasteiger charge is -2.09. The van der Waals surface area contributed by atoms with Crippen LogP contribution in [0.15, 0.2) is 66.7 Å². The van der Waals surface area contributed by atoms with Crippen molar-refractivity contribution in [2.24, 2.45) is 5.92 Å². The zero-order valence-electron chi connectivity index (χ0n) is 18.2. The predicted octanol–water partition coefficient (Wildman–Crippen LogP) is 7.44. The lowest BCUT2D eigenvalue weighted by Crippen LogP contribution is -2.10. The molecule has 3 aromatic carbocycles. The lowest BCUT2D eigenvalue weighted by atomic mass is 9.94. The molecule has 4 aromatic rings. The van der Waals surface area contributed by atoms with Crippen molar-refractivity contribution in [2.75, 3.05) is 5.32 Å². The van der Waals surface area contributed by atoms with E-state index in [-0.39, 0.29) is 17.5 Å². The van der Waals surface area contributed by atoms with Crippen molar-refractivity contribution in [3.8, 4) is 11.1 Å². The third kappa shape index (κ3) is 5.77. The minimum Gasteiger partial charge on any atom is -0.450 e. The van der Waals surface area contributed by atoms with Gasteiger partial charge in [0.15, 0.2) is 10.9 Å². The molecule has 1 aliphatic carbocycles. The standard InChI is InChI=1S/C25H21FN2OS.CH2O3/c26-20-11-14-23-22(15-20)28-25(30-23)27-21-12-9-17(10-13-21)16-5-7-19(8-6-16)24(29)18-3-1-2-4-18;2-1(3)4/h5-15,18H,1-4H2,(H,27,28);(H2,2,3,4). The van der Waals surface area contributed by atoms with Gasteiger partial charge in [-0.15, -0.1) is 0 Å². The second-order valence-corrected chi connectivity index (χ2v) is 9.07. The molecule has 0 amide bonds. The monoisotopic (exact) mass is 478 g/mol. The quantitative estimate of drug-likeness (QED) is 0.258. The average molecular weight is 479 g/mol. The molecule has 1 heterocycles. The Morgan fingerprint density at radius 3 is 2.12 bits per heavy atom. The Balaban J connectivity index is 0.000000636. The molecule has 8 heteroatoms. The number of aromatic nitrogens is 1. The van der Waals surface area contributed by atoms with Gasteiger partial charge in [-0.05, 0) is 48.2 Å². The molecular weight excluding hydrogens is 455 g/mol. The Hall–Kier alpha value is -3.78. The fourth-order valence-electron chi connectivity index (χ4n) is 4.07. The molecule has 174 valence electrons. The van der Waals surface area contributed by atoms with Crippen LogP contribution in [-0.2, 0) is 0 Å². The Labute approximate surface area is 199 Å². The lowest BCUT2D eigenvalue weighted by molar-refractivity contribution is 0.0922. The Kier molecular flexibility index (Phi) is 7.18. The van der Waals surface area contributed by atoms with Gasteiger partial charge in [-0.2, -0.15) is 0 Å². The summed E-state index contributed by atoms with van der Waals surface area (Å²) in [6.07, 6.45) is 2.56.